The minimum atomic E-state index is -0.473. The topological polar surface area (TPSA) is 47.3 Å². The van der Waals surface area contributed by atoms with Crippen LogP contribution in [0.2, 0.25) is 0 Å². The summed E-state index contributed by atoms with van der Waals surface area (Å²) in [5, 5.41) is 15.2. The summed E-state index contributed by atoms with van der Waals surface area (Å²) in [6.07, 6.45) is 6.02. The van der Waals surface area contributed by atoms with E-state index in [1.54, 1.807) is 13.3 Å². The molecule has 0 aromatic carbocycles. The maximum atomic E-state index is 10.9. The van der Waals surface area contributed by atoms with Gasteiger partial charge in [0.25, 0.3) is 0 Å². The van der Waals surface area contributed by atoms with Crippen LogP contribution in [0.1, 0.15) is 51.3 Å². The van der Waals surface area contributed by atoms with Crippen LogP contribution in [0.3, 0.4) is 0 Å². The molecule has 0 aliphatic heterocycles. The number of aliphatic hydroxyl groups is 1. The first kappa shape index (κ1) is 16.0. The number of aromatic nitrogens is 2. The van der Waals surface area contributed by atoms with Crippen molar-refractivity contribution in [2.24, 2.45) is 11.3 Å². The Morgan fingerprint density at radius 1 is 1.55 bits per heavy atom. The zero-order valence-corrected chi connectivity index (χ0v) is 14.2. The molecule has 0 saturated heterocycles. The van der Waals surface area contributed by atoms with Crippen molar-refractivity contribution in [3.05, 3.63) is 16.4 Å². The van der Waals surface area contributed by atoms with E-state index in [0.29, 0.717) is 13.2 Å². The van der Waals surface area contributed by atoms with Crippen molar-refractivity contribution in [3.63, 3.8) is 0 Å². The molecule has 1 heterocycles. The number of hydrogen-bond donors (Lipinski definition) is 1. The smallest absolute Gasteiger partial charge is 0.100 e. The van der Waals surface area contributed by atoms with Crippen LogP contribution in [-0.2, 0) is 11.3 Å². The maximum absolute atomic E-state index is 10.9. The Balaban J connectivity index is 2.23. The Kier molecular flexibility index (Phi) is 5.26. The molecule has 1 aromatic rings. The van der Waals surface area contributed by atoms with Gasteiger partial charge in [0.1, 0.15) is 6.10 Å². The molecule has 1 aromatic heterocycles. The molecule has 2 atom stereocenters. The van der Waals surface area contributed by atoms with Gasteiger partial charge < -0.3 is 9.84 Å². The molecular formula is C15H25BrN2O2. The highest BCUT2D eigenvalue weighted by atomic mass is 79.9. The van der Waals surface area contributed by atoms with Gasteiger partial charge in [-0.25, -0.2) is 0 Å². The predicted octanol–water partition coefficient (Wildman–Crippen LogP) is 3.54. The predicted molar refractivity (Wildman–Crippen MR) is 82.5 cm³/mol. The number of halogens is 1. The van der Waals surface area contributed by atoms with E-state index < -0.39 is 6.10 Å². The molecule has 20 heavy (non-hydrogen) atoms. The second kappa shape index (κ2) is 6.58. The summed E-state index contributed by atoms with van der Waals surface area (Å²) in [5.74, 6) is 0.283. The van der Waals surface area contributed by atoms with Gasteiger partial charge in [-0.15, -0.1) is 0 Å². The second-order valence-electron chi connectivity index (χ2n) is 6.38. The minimum absolute atomic E-state index is 0.174. The third kappa shape index (κ3) is 3.26. The Hall–Kier alpha value is -0.390. The summed E-state index contributed by atoms with van der Waals surface area (Å²) in [7, 11) is 1.68. The van der Waals surface area contributed by atoms with Gasteiger partial charge in [0.15, 0.2) is 0 Å². The monoisotopic (exact) mass is 344 g/mol. The van der Waals surface area contributed by atoms with Crippen molar-refractivity contribution in [2.45, 2.75) is 52.2 Å². The zero-order valence-electron chi connectivity index (χ0n) is 12.6. The fourth-order valence-corrected chi connectivity index (χ4v) is 3.85. The third-order valence-electron chi connectivity index (χ3n) is 4.59. The number of ether oxygens (including phenoxy) is 1. The van der Waals surface area contributed by atoms with Crippen LogP contribution in [0.15, 0.2) is 10.7 Å². The van der Waals surface area contributed by atoms with Crippen LogP contribution in [0.4, 0.5) is 0 Å². The third-order valence-corrected chi connectivity index (χ3v) is 5.20. The van der Waals surface area contributed by atoms with Crippen LogP contribution < -0.4 is 0 Å². The SMILES string of the molecule is COCCn1ncc(Br)c1C(O)C1CCCCC1(C)C. The number of rotatable bonds is 5. The summed E-state index contributed by atoms with van der Waals surface area (Å²) in [5.41, 5.74) is 1.06. The molecule has 1 aliphatic rings. The van der Waals surface area contributed by atoms with E-state index >= 15 is 0 Å². The van der Waals surface area contributed by atoms with Gasteiger partial charge >= 0.3 is 0 Å². The molecule has 1 N–H and O–H groups in total. The first-order valence-electron chi connectivity index (χ1n) is 7.35. The molecular weight excluding hydrogens is 320 g/mol. The van der Waals surface area contributed by atoms with Gasteiger partial charge in [-0.1, -0.05) is 26.7 Å². The molecule has 114 valence electrons. The van der Waals surface area contributed by atoms with Crippen molar-refractivity contribution in [1.29, 1.82) is 0 Å². The number of aliphatic hydroxyl groups excluding tert-OH is 1. The lowest BCUT2D eigenvalue weighted by Gasteiger charge is -2.41. The van der Waals surface area contributed by atoms with E-state index in [1.165, 1.54) is 19.3 Å². The summed E-state index contributed by atoms with van der Waals surface area (Å²) < 4.78 is 7.87. The average Bonchev–Trinajstić information content (AvgIpc) is 2.76. The van der Waals surface area contributed by atoms with Gasteiger partial charge in [-0.3, -0.25) is 4.68 Å². The molecule has 2 unspecified atom stereocenters. The van der Waals surface area contributed by atoms with Gasteiger partial charge in [0, 0.05) is 7.11 Å². The van der Waals surface area contributed by atoms with Crippen LogP contribution in [0, 0.1) is 11.3 Å². The molecule has 2 rings (SSSR count). The summed E-state index contributed by atoms with van der Waals surface area (Å²) in [6.45, 7) is 5.80. The number of hydrogen-bond acceptors (Lipinski definition) is 3. The summed E-state index contributed by atoms with van der Waals surface area (Å²) in [6, 6.07) is 0. The lowest BCUT2D eigenvalue weighted by atomic mass is 9.66. The Bertz CT molecular complexity index is 445. The van der Waals surface area contributed by atoms with Crippen molar-refractivity contribution >= 4 is 15.9 Å². The van der Waals surface area contributed by atoms with E-state index in [1.807, 2.05) is 4.68 Å². The average molecular weight is 345 g/mol. The van der Waals surface area contributed by atoms with Gasteiger partial charge in [0.2, 0.25) is 0 Å². The highest BCUT2D eigenvalue weighted by Crippen LogP contribution is 2.47. The lowest BCUT2D eigenvalue weighted by Crippen LogP contribution is -2.33. The molecule has 0 radical (unpaired) electrons. The van der Waals surface area contributed by atoms with Crippen molar-refractivity contribution in [2.75, 3.05) is 13.7 Å². The van der Waals surface area contributed by atoms with E-state index in [0.717, 1.165) is 16.6 Å². The van der Waals surface area contributed by atoms with E-state index in [2.05, 4.69) is 34.9 Å². The quantitative estimate of drug-likeness (QED) is 0.888. The Labute approximate surface area is 129 Å². The maximum Gasteiger partial charge on any atom is 0.100 e. The number of methoxy groups -OCH3 is 1. The summed E-state index contributed by atoms with van der Waals surface area (Å²) >= 11 is 3.53. The largest absolute Gasteiger partial charge is 0.386 e. The van der Waals surface area contributed by atoms with Gasteiger partial charge in [-0.05, 0) is 40.1 Å². The van der Waals surface area contributed by atoms with Crippen LogP contribution in [0.5, 0.6) is 0 Å². The molecule has 5 heteroatoms. The molecule has 0 amide bonds. The first-order valence-corrected chi connectivity index (χ1v) is 8.15. The van der Waals surface area contributed by atoms with Gasteiger partial charge in [-0.2, -0.15) is 5.10 Å². The highest BCUT2D eigenvalue weighted by molar-refractivity contribution is 9.10. The van der Waals surface area contributed by atoms with E-state index in [4.69, 9.17) is 4.74 Å². The molecule has 4 nitrogen and oxygen atoms in total. The molecule has 0 spiro atoms. The lowest BCUT2D eigenvalue weighted by molar-refractivity contribution is -0.00205. The Morgan fingerprint density at radius 3 is 2.95 bits per heavy atom. The van der Waals surface area contributed by atoms with Crippen molar-refractivity contribution in [1.82, 2.24) is 9.78 Å². The number of nitrogens with zero attached hydrogens (tertiary/aromatic N) is 2. The molecule has 1 fully saturated rings. The van der Waals surface area contributed by atoms with Crippen LogP contribution >= 0.6 is 15.9 Å². The molecule has 1 aliphatic carbocycles. The van der Waals surface area contributed by atoms with Crippen molar-refractivity contribution < 1.29 is 9.84 Å². The van der Waals surface area contributed by atoms with E-state index in [9.17, 15) is 5.11 Å². The minimum Gasteiger partial charge on any atom is -0.386 e. The van der Waals surface area contributed by atoms with Crippen molar-refractivity contribution in [3.8, 4) is 0 Å². The molecule has 0 bridgehead atoms. The normalized spacial score (nSPS) is 23.8. The second-order valence-corrected chi connectivity index (χ2v) is 7.23. The molecule has 1 saturated carbocycles. The highest BCUT2D eigenvalue weighted by Gasteiger charge is 2.39. The first-order chi connectivity index (χ1) is 9.47. The standard InChI is InChI=1S/C15H25BrN2O2/c1-15(2)7-5-4-6-11(15)14(19)13-12(16)10-17-18(13)8-9-20-3/h10-11,14,19H,4-9H2,1-3H3. The summed E-state index contributed by atoms with van der Waals surface area (Å²) in [4.78, 5) is 0. The Morgan fingerprint density at radius 2 is 2.30 bits per heavy atom. The fraction of sp³-hybridized carbons (Fsp3) is 0.800. The van der Waals surface area contributed by atoms with Gasteiger partial charge in [0.05, 0.1) is 29.5 Å². The van der Waals surface area contributed by atoms with Crippen LogP contribution in [-0.4, -0.2) is 28.6 Å². The fourth-order valence-electron chi connectivity index (χ4n) is 3.32. The van der Waals surface area contributed by atoms with E-state index in [-0.39, 0.29) is 11.3 Å². The van der Waals surface area contributed by atoms with Crippen LogP contribution in [0.25, 0.3) is 0 Å². The zero-order chi connectivity index (χ0) is 14.8.